The number of rotatable bonds is 5. The zero-order chi connectivity index (χ0) is 24.9. The van der Waals surface area contributed by atoms with Crippen molar-refractivity contribution in [2.75, 3.05) is 32.1 Å². The fourth-order valence-electron chi connectivity index (χ4n) is 4.49. The molecule has 0 aliphatic carbocycles. The van der Waals surface area contributed by atoms with Crippen LogP contribution < -0.4 is 5.32 Å². The Bertz CT molecular complexity index is 1100. The molecule has 2 aromatic rings. The Morgan fingerprint density at radius 2 is 1.91 bits per heavy atom. The van der Waals surface area contributed by atoms with Gasteiger partial charge in [-0.3, -0.25) is 0 Å². The zero-order valence-corrected chi connectivity index (χ0v) is 21.0. The first-order chi connectivity index (χ1) is 16.9. The van der Waals surface area contributed by atoms with Gasteiger partial charge in [0, 0.05) is 37.8 Å². The van der Waals surface area contributed by atoms with Gasteiger partial charge < -0.3 is 29.7 Å². The monoisotopic (exact) mass is 545 g/mol. The van der Waals surface area contributed by atoms with Crippen molar-refractivity contribution in [1.29, 1.82) is 0 Å². The molecule has 2 heterocycles. The fourth-order valence-corrected chi connectivity index (χ4v) is 4.92. The Balaban J connectivity index is 1.34. The number of hydrogen-bond acceptors (Lipinski definition) is 6. The van der Waals surface area contributed by atoms with Crippen molar-refractivity contribution in [1.82, 2.24) is 9.80 Å². The van der Waals surface area contributed by atoms with Gasteiger partial charge in [0.2, 0.25) is 6.10 Å². The Morgan fingerprint density at radius 3 is 2.63 bits per heavy atom. The summed E-state index contributed by atoms with van der Waals surface area (Å²) in [5.41, 5.74) is 2.65. The van der Waals surface area contributed by atoms with E-state index in [2.05, 4.69) is 21.2 Å². The number of aromatic hydroxyl groups is 1. The Hall–Kier alpha value is -3.27. The summed E-state index contributed by atoms with van der Waals surface area (Å²) in [5.74, 6) is -0.580. The zero-order valence-electron chi connectivity index (χ0n) is 19.4. The lowest BCUT2D eigenvalue weighted by Gasteiger charge is -2.37. The minimum Gasteiger partial charge on any atom is -0.507 e. The molecule has 1 saturated heterocycles. The van der Waals surface area contributed by atoms with Crippen LogP contribution in [0.3, 0.4) is 0 Å². The van der Waals surface area contributed by atoms with Gasteiger partial charge in [-0.05, 0) is 64.5 Å². The van der Waals surface area contributed by atoms with Crippen molar-refractivity contribution >= 4 is 39.7 Å². The van der Waals surface area contributed by atoms with Crippen LogP contribution in [0.4, 0.5) is 15.3 Å². The van der Waals surface area contributed by atoms with Gasteiger partial charge in [0.1, 0.15) is 5.75 Å². The molecular formula is C25H28BrN3O6. The lowest BCUT2D eigenvalue weighted by Crippen LogP contribution is -2.50. The number of amides is 3. The maximum Gasteiger partial charge on any atom is 0.410 e. The third-order valence-corrected chi connectivity index (χ3v) is 7.08. The molecular weight excluding hydrogens is 518 g/mol. The van der Waals surface area contributed by atoms with E-state index < -0.39 is 18.2 Å². The molecule has 9 nitrogen and oxygen atoms in total. The number of anilines is 1. The molecule has 35 heavy (non-hydrogen) atoms. The molecule has 3 amide bonds. The number of halogens is 1. The van der Waals surface area contributed by atoms with Gasteiger partial charge in [-0.1, -0.05) is 24.3 Å². The second-order valence-electron chi connectivity index (χ2n) is 8.63. The number of carbonyl (C=O) groups excluding carboxylic acids is 3. The summed E-state index contributed by atoms with van der Waals surface area (Å²) < 4.78 is 10.8. The molecule has 0 bridgehead atoms. The lowest BCUT2D eigenvalue weighted by atomic mass is 10.0. The van der Waals surface area contributed by atoms with Gasteiger partial charge in [-0.15, -0.1) is 0 Å². The molecule has 1 fully saturated rings. The number of piperidine rings is 1. The number of fused-ring (bicyclic) bond motifs is 1. The van der Waals surface area contributed by atoms with Crippen molar-refractivity contribution in [2.45, 2.75) is 37.8 Å². The van der Waals surface area contributed by atoms with Crippen LogP contribution in [0.5, 0.6) is 5.75 Å². The van der Waals surface area contributed by atoms with E-state index in [9.17, 15) is 19.5 Å². The second kappa shape index (κ2) is 11.0. The van der Waals surface area contributed by atoms with E-state index in [0.717, 1.165) is 17.7 Å². The minimum absolute atomic E-state index is 0.0131. The first kappa shape index (κ1) is 24.8. The lowest BCUT2D eigenvalue weighted by molar-refractivity contribution is -0.151. The molecule has 0 aromatic heterocycles. The standard InChI is InChI=1S/C25H28BrN3O6/c1-34-23(31)22(15-16-6-7-21(30)19(26)14-16)35-25(33)28-11-9-18(10-12-28)29-13-8-17-4-2-3-5-20(17)27-24(29)32/h2-7,14,18,22,30H,8-13,15H2,1H3,(H,27,32)/t22-/m1/s1. The van der Waals surface area contributed by atoms with Gasteiger partial charge in [0.15, 0.2) is 0 Å². The molecule has 4 rings (SSSR count). The highest BCUT2D eigenvalue weighted by atomic mass is 79.9. The maximum atomic E-state index is 12.8. The summed E-state index contributed by atoms with van der Waals surface area (Å²) in [7, 11) is 1.24. The SMILES string of the molecule is COC(=O)[C@@H](Cc1ccc(O)c(Br)c1)OC(=O)N1CCC(N2CCc3ccccc3NC2=O)CC1. The topological polar surface area (TPSA) is 108 Å². The van der Waals surface area contributed by atoms with E-state index in [1.807, 2.05) is 29.2 Å². The average molecular weight is 546 g/mol. The van der Waals surface area contributed by atoms with Gasteiger partial charge in [0.25, 0.3) is 0 Å². The minimum atomic E-state index is -1.11. The van der Waals surface area contributed by atoms with Crippen LogP contribution >= 0.6 is 15.9 Å². The number of phenolic OH excluding ortho intramolecular Hbond substituents is 1. The first-order valence-electron chi connectivity index (χ1n) is 11.5. The van der Waals surface area contributed by atoms with Crippen molar-refractivity contribution < 1.29 is 29.0 Å². The Kier molecular flexibility index (Phi) is 7.80. The number of benzene rings is 2. The number of carbonyl (C=O) groups is 3. The molecule has 1 atom stereocenters. The number of para-hydroxylation sites is 1. The highest BCUT2D eigenvalue weighted by Crippen LogP contribution is 2.27. The van der Waals surface area contributed by atoms with Crippen LogP contribution in [0.1, 0.15) is 24.0 Å². The van der Waals surface area contributed by atoms with Crippen molar-refractivity contribution in [3.63, 3.8) is 0 Å². The number of ether oxygens (including phenoxy) is 2. The molecule has 0 spiro atoms. The third-order valence-electron chi connectivity index (χ3n) is 6.45. The van der Waals surface area contributed by atoms with Crippen LogP contribution in [0, 0.1) is 0 Å². The second-order valence-corrected chi connectivity index (χ2v) is 9.49. The van der Waals surface area contributed by atoms with E-state index in [-0.39, 0.29) is 24.2 Å². The number of esters is 1. The average Bonchev–Trinajstić information content (AvgIpc) is 3.03. The predicted octanol–water partition coefficient (Wildman–Crippen LogP) is 3.93. The van der Waals surface area contributed by atoms with Crippen molar-refractivity contribution in [3.05, 3.63) is 58.1 Å². The molecule has 2 aromatic carbocycles. The van der Waals surface area contributed by atoms with E-state index in [1.165, 1.54) is 13.2 Å². The van der Waals surface area contributed by atoms with Crippen LogP contribution in [-0.2, 0) is 27.1 Å². The number of urea groups is 1. The highest BCUT2D eigenvalue weighted by Gasteiger charge is 2.33. The fraction of sp³-hybridized carbons (Fsp3) is 0.400. The number of nitrogens with zero attached hydrogens (tertiary/aromatic N) is 2. The Labute approximate surface area is 212 Å². The van der Waals surface area contributed by atoms with E-state index in [1.54, 1.807) is 17.0 Å². The number of nitrogens with one attached hydrogen (secondary N) is 1. The molecule has 0 radical (unpaired) electrons. The van der Waals surface area contributed by atoms with Crippen LogP contribution in [0.15, 0.2) is 46.9 Å². The van der Waals surface area contributed by atoms with Crippen molar-refractivity contribution in [3.8, 4) is 5.75 Å². The molecule has 186 valence electrons. The smallest absolute Gasteiger partial charge is 0.410 e. The summed E-state index contributed by atoms with van der Waals surface area (Å²) in [4.78, 5) is 41.3. The molecule has 10 heteroatoms. The summed E-state index contributed by atoms with van der Waals surface area (Å²) in [5, 5.41) is 12.7. The summed E-state index contributed by atoms with van der Waals surface area (Å²) in [6.45, 7) is 1.45. The van der Waals surface area contributed by atoms with Crippen LogP contribution in [-0.4, -0.2) is 71.9 Å². The highest BCUT2D eigenvalue weighted by molar-refractivity contribution is 9.10. The van der Waals surface area contributed by atoms with E-state index >= 15 is 0 Å². The molecule has 2 aliphatic heterocycles. The molecule has 0 saturated carbocycles. The van der Waals surface area contributed by atoms with Gasteiger partial charge in [0.05, 0.1) is 11.6 Å². The Morgan fingerprint density at radius 1 is 1.17 bits per heavy atom. The molecule has 0 unspecified atom stereocenters. The van der Waals surface area contributed by atoms with E-state index in [0.29, 0.717) is 42.5 Å². The molecule has 2 N–H and O–H groups in total. The largest absolute Gasteiger partial charge is 0.507 e. The first-order valence-corrected chi connectivity index (χ1v) is 12.3. The summed E-state index contributed by atoms with van der Waals surface area (Å²) in [6, 6.07) is 12.5. The number of hydrogen-bond donors (Lipinski definition) is 2. The van der Waals surface area contributed by atoms with Crippen LogP contribution in [0.25, 0.3) is 0 Å². The molecule has 2 aliphatic rings. The quantitative estimate of drug-likeness (QED) is 0.551. The number of phenols is 1. The number of likely N-dealkylation sites (tertiary alicyclic amines) is 1. The van der Waals surface area contributed by atoms with E-state index in [4.69, 9.17) is 9.47 Å². The van der Waals surface area contributed by atoms with Gasteiger partial charge in [-0.2, -0.15) is 0 Å². The summed E-state index contributed by atoms with van der Waals surface area (Å²) in [6.07, 6.45) is 0.411. The van der Waals surface area contributed by atoms with Gasteiger partial charge >= 0.3 is 18.1 Å². The predicted molar refractivity (Wildman–Crippen MR) is 132 cm³/mol. The van der Waals surface area contributed by atoms with Gasteiger partial charge in [-0.25, -0.2) is 14.4 Å². The maximum absolute atomic E-state index is 12.8. The third kappa shape index (κ3) is 5.87. The summed E-state index contributed by atoms with van der Waals surface area (Å²) >= 11 is 3.24. The number of methoxy groups -OCH3 is 1. The normalized spacial score (nSPS) is 17.1. The van der Waals surface area contributed by atoms with Crippen molar-refractivity contribution in [2.24, 2.45) is 0 Å². The van der Waals surface area contributed by atoms with Crippen LogP contribution in [0.2, 0.25) is 0 Å².